The molecule has 1 saturated heterocycles. The van der Waals surface area contributed by atoms with Gasteiger partial charge in [-0.15, -0.1) is 0 Å². The van der Waals surface area contributed by atoms with Gasteiger partial charge in [-0.05, 0) is 20.8 Å². The fourth-order valence-electron chi connectivity index (χ4n) is 1.48. The molecule has 1 aliphatic rings. The second kappa shape index (κ2) is 7.11. The van der Waals surface area contributed by atoms with Gasteiger partial charge in [0.2, 0.25) is 5.96 Å². The van der Waals surface area contributed by atoms with E-state index in [1.54, 1.807) is 0 Å². The van der Waals surface area contributed by atoms with E-state index >= 15 is 0 Å². The summed E-state index contributed by atoms with van der Waals surface area (Å²) in [6.45, 7) is 8.95. The van der Waals surface area contributed by atoms with Crippen molar-refractivity contribution in [3.05, 3.63) is 0 Å². The first kappa shape index (κ1) is 13.8. The molecule has 6 nitrogen and oxygen atoms in total. The van der Waals surface area contributed by atoms with Crippen LogP contribution in [0.2, 0.25) is 0 Å². The normalized spacial score (nSPS) is 17.2. The molecule has 1 aliphatic heterocycles. The van der Waals surface area contributed by atoms with E-state index in [0.29, 0.717) is 25.7 Å². The molecule has 0 aromatic rings. The maximum Gasteiger partial charge on any atom is 0.414 e. The van der Waals surface area contributed by atoms with Crippen LogP contribution in [-0.4, -0.2) is 55.9 Å². The van der Waals surface area contributed by atoms with Crippen LogP contribution in [0.4, 0.5) is 4.79 Å². The third-order valence-corrected chi connectivity index (χ3v) is 2.18. The number of aliphatic imine (C=N–C) groups is 1. The third-order valence-electron chi connectivity index (χ3n) is 2.18. The van der Waals surface area contributed by atoms with Gasteiger partial charge in [-0.25, -0.2) is 4.79 Å². The van der Waals surface area contributed by atoms with Crippen molar-refractivity contribution in [2.75, 3.05) is 32.8 Å². The van der Waals surface area contributed by atoms with Crippen LogP contribution in [0.3, 0.4) is 0 Å². The summed E-state index contributed by atoms with van der Waals surface area (Å²) >= 11 is 0. The van der Waals surface area contributed by atoms with Crippen molar-refractivity contribution in [3.8, 4) is 0 Å². The Morgan fingerprint density at radius 2 is 2.12 bits per heavy atom. The molecule has 1 fully saturated rings. The highest BCUT2D eigenvalue weighted by molar-refractivity contribution is 5.94. The highest BCUT2D eigenvalue weighted by Gasteiger charge is 2.17. The molecule has 0 unspecified atom stereocenters. The van der Waals surface area contributed by atoms with E-state index in [-0.39, 0.29) is 6.10 Å². The topological polar surface area (TPSA) is 63.2 Å². The van der Waals surface area contributed by atoms with Gasteiger partial charge in [0.05, 0.1) is 19.3 Å². The summed E-state index contributed by atoms with van der Waals surface area (Å²) in [5.41, 5.74) is 0. The number of carbonyl (C=O) groups is 1. The largest absolute Gasteiger partial charge is 0.447 e. The predicted octanol–water partition coefficient (Wildman–Crippen LogP) is 0.829. The number of hydrogen-bond donors (Lipinski definition) is 1. The first-order chi connectivity index (χ1) is 8.13. The first-order valence-electron chi connectivity index (χ1n) is 5.98. The quantitative estimate of drug-likeness (QED) is 0.576. The van der Waals surface area contributed by atoms with E-state index in [1.165, 1.54) is 0 Å². The summed E-state index contributed by atoms with van der Waals surface area (Å²) in [4.78, 5) is 17.8. The Bertz CT molecular complexity index is 273. The van der Waals surface area contributed by atoms with Crippen LogP contribution in [-0.2, 0) is 9.47 Å². The fourth-order valence-corrected chi connectivity index (χ4v) is 1.48. The number of carbonyl (C=O) groups excluding carboxylic acids is 1. The number of amides is 1. The van der Waals surface area contributed by atoms with Gasteiger partial charge in [0, 0.05) is 19.6 Å². The molecule has 0 spiro atoms. The van der Waals surface area contributed by atoms with Crippen LogP contribution in [0.5, 0.6) is 0 Å². The molecule has 0 atom stereocenters. The van der Waals surface area contributed by atoms with E-state index in [1.807, 2.05) is 25.7 Å². The minimum absolute atomic E-state index is 0.137. The lowest BCUT2D eigenvalue weighted by Crippen LogP contribution is -2.49. The van der Waals surface area contributed by atoms with Gasteiger partial charge >= 0.3 is 6.09 Å². The fraction of sp³-hybridized carbons (Fsp3) is 0.818. The summed E-state index contributed by atoms with van der Waals surface area (Å²) in [7, 11) is 0. The Morgan fingerprint density at radius 3 is 2.65 bits per heavy atom. The second-order valence-corrected chi connectivity index (χ2v) is 3.98. The van der Waals surface area contributed by atoms with Crippen LogP contribution in [0.15, 0.2) is 4.99 Å². The molecule has 1 rings (SSSR count). The molecule has 0 aromatic carbocycles. The molecule has 1 N–H and O–H groups in total. The van der Waals surface area contributed by atoms with Gasteiger partial charge in [-0.3, -0.25) is 10.3 Å². The second-order valence-electron chi connectivity index (χ2n) is 3.98. The monoisotopic (exact) mass is 243 g/mol. The minimum Gasteiger partial charge on any atom is -0.447 e. The molecule has 1 amide bonds. The average molecular weight is 243 g/mol. The maximum atomic E-state index is 11.5. The molecule has 17 heavy (non-hydrogen) atoms. The zero-order chi connectivity index (χ0) is 12.7. The Kier molecular flexibility index (Phi) is 5.76. The molecule has 0 bridgehead atoms. The summed E-state index contributed by atoms with van der Waals surface area (Å²) in [6, 6.07) is 0. The standard InChI is InChI=1S/C11H21N3O3/c1-4-12-10(13-11(15)17-9(2)3)14-5-7-16-8-6-14/h9H,4-8H2,1-3H3,(H,12,13,15). The van der Waals surface area contributed by atoms with Crippen molar-refractivity contribution in [1.82, 2.24) is 10.2 Å². The number of ether oxygens (including phenoxy) is 2. The van der Waals surface area contributed by atoms with Crippen molar-refractivity contribution in [1.29, 1.82) is 0 Å². The number of guanidine groups is 1. The number of morpholine rings is 1. The van der Waals surface area contributed by atoms with Crippen LogP contribution in [0, 0.1) is 0 Å². The lowest BCUT2D eigenvalue weighted by molar-refractivity contribution is 0.0654. The zero-order valence-corrected chi connectivity index (χ0v) is 10.7. The van der Waals surface area contributed by atoms with Crippen molar-refractivity contribution in [3.63, 3.8) is 0 Å². The Morgan fingerprint density at radius 1 is 1.47 bits per heavy atom. The average Bonchev–Trinajstić information content (AvgIpc) is 2.28. The maximum absolute atomic E-state index is 11.5. The van der Waals surface area contributed by atoms with Gasteiger partial charge in [0.1, 0.15) is 0 Å². The Balaban J connectivity index is 2.53. The van der Waals surface area contributed by atoms with Crippen LogP contribution in [0.1, 0.15) is 20.8 Å². The number of alkyl carbamates (subject to hydrolysis) is 1. The molecule has 0 saturated carbocycles. The third kappa shape index (κ3) is 5.04. The van der Waals surface area contributed by atoms with E-state index in [2.05, 4.69) is 10.3 Å². The molecule has 0 aromatic heterocycles. The predicted molar refractivity (Wildman–Crippen MR) is 65.1 cm³/mol. The molecule has 1 heterocycles. The highest BCUT2D eigenvalue weighted by atomic mass is 16.6. The van der Waals surface area contributed by atoms with E-state index < -0.39 is 6.09 Å². The highest BCUT2D eigenvalue weighted by Crippen LogP contribution is 1.99. The number of nitrogens with one attached hydrogen (secondary N) is 1. The van der Waals surface area contributed by atoms with Gasteiger partial charge in [0.15, 0.2) is 0 Å². The van der Waals surface area contributed by atoms with E-state index in [0.717, 1.165) is 13.1 Å². The van der Waals surface area contributed by atoms with E-state index in [4.69, 9.17) is 9.47 Å². The van der Waals surface area contributed by atoms with Crippen molar-refractivity contribution < 1.29 is 14.3 Å². The molecule has 98 valence electrons. The van der Waals surface area contributed by atoms with Crippen LogP contribution < -0.4 is 5.32 Å². The van der Waals surface area contributed by atoms with Crippen molar-refractivity contribution >= 4 is 12.1 Å². The number of nitrogens with zero attached hydrogens (tertiary/aromatic N) is 2. The lowest BCUT2D eigenvalue weighted by atomic mass is 10.4. The van der Waals surface area contributed by atoms with Gasteiger partial charge < -0.3 is 14.4 Å². The molecule has 0 radical (unpaired) electrons. The number of rotatable bonds is 2. The smallest absolute Gasteiger partial charge is 0.414 e. The van der Waals surface area contributed by atoms with Gasteiger partial charge in [-0.1, -0.05) is 0 Å². The Hall–Kier alpha value is -1.30. The van der Waals surface area contributed by atoms with Gasteiger partial charge in [0.25, 0.3) is 0 Å². The molecular formula is C11H21N3O3. The summed E-state index contributed by atoms with van der Waals surface area (Å²) in [6.07, 6.45) is -0.596. The van der Waals surface area contributed by atoms with E-state index in [9.17, 15) is 4.79 Å². The molecular weight excluding hydrogens is 222 g/mol. The zero-order valence-electron chi connectivity index (χ0n) is 10.7. The molecule has 6 heteroatoms. The first-order valence-corrected chi connectivity index (χ1v) is 5.98. The number of hydrogen-bond acceptors (Lipinski definition) is 4. The summed E-state index contributed by atoms with van der Waals surface area (Å²) in [5, 5.41) is 2.68. The molecule has 0 aliphatic carbocycles. The Labute approximate surface area is 102 Å². The minimum atomic E-state index is -0.460. The van der Waals surface area contributed by atoms with Crippen molar-refractivity contribution in [2.24, 2.45) is 4.99 Å². The summed E-state index contributed by atoms with van der Waals surface area (Å²) in [5.74, 6) is 0.571. The van der Waals surface area contributed by atoms with Crippen LogP contribution in [0.25, 0.3) is 0 Å². The van der Waals surface area contributed by atoms with Crippen molar-refractivity contribution in [2.45, 2.75) is 26.9 Å². The van der Waals surface area contributed by atoms with Crippen LogP contribution >= 0.6 is 0 Å². The lowest BCUT2D eigenvalue weighted by Gasteiger charge is -2.29. The van der Waals surface area contributed by atoms with Gasteiger partial charge in [-0.2, -0.15) is 0 Å². The summed E-state index contributed by atoms with van der Waals surface area (Å²) < 4.78 is 10.3. The SMILES string of the molecule is CCN=C(NC(=O)OC(C)C)N1CCOCC1.